The number of Topliss-reactive ketones (excluding diaryl/α,β-unsaturated/α-hetero) is 1. The average Bonchev–Trinajstić information content (AvgIpc) is 2.78. The Bertz CT molecular complexity index is 663. The van der Waals surface area contributed by atoms with E-state index in [0.29, 0.717) is 11.4 Å². The van der Waals surface area contributed by atoms with Crippen molar-refractivity contribution in [2.24, 2.45) is 0 Å². The highest BCUT2D eigenvalue weighted by molar-refractivity contribution is 7.15. The molecule has 0 aliphatic heterocycles. The largest absolute Gasteiger partial charge is 0.485 e. The summed E-state index contributed by atoms with van der Waals surface area (Å²) < 4.78 is 5.38. The number of aromatic nitrogens is 1. The molecule has 0 saturated heterocycles. The fourth-order valence-corrected chi connectivity index (χ4v) is 2.46. The maximum Gasteiger partial charge on any atom is 0.347 e. The van der Waals surface area contributed by atoms with Gasteiger partial charge in [0.2, 0.25) is 5.78 Å². The molecule has 104 valence electrons. The Morgan fingerprint density at radius 2 is 2.10 bits per heavy atom. The van der Waals surface area contributed by atoms with Crippen LogP contribution in [0.5, 0.6) is 5.75 Å². The van der Waals surface area contributed by atoms with Gasteiger partial charge in [0.1, 0.15) is 10.6 Å². The van der Waals surface area contributed by atoms with E-state index in [1.807, 2.05) is 25.1 Å². The molecule has 0 radical (unpaired) electrons. The van der Waals surface area contributed by atoms with Gasteiger partial charge in [-0.25, -0.2) is 9.78 Å². The monoisotopic (exact) mass is 291 g/mol. The van der Waals surface area contributed by atoms with E-state index in [9.17, 15) is 9.59 Å². The van der Waals surface area contributed by atoms with Gasteiger partial charge in [-0.05, 0) is 31.5 Å². The summed E-state index contributed by atoms with van der Waals surface area (Å²) in [5, 5.41) is 9.09. The van der Waals surface area contributed by atoms with Crippen LogP contribution in [0.15, 0.2) is 24.3 Å². The van der Waals surface area contributed by atoms with Crippen molar-refractivity contribution in [2.45, 2.75) is 13.8 Å². The molecule has 2 rings (SSSR count). The second-order valence-corrected chi connectivity index (χ2v) is 5.27. The number of ketones is 1. The number of rotatable bonds is 5. The Labute approximate surface area is 119 Å². The highest BCUT2D eigenvalue weighted by Gasteiger charge is 2.18. The lowest BCUT2D eigenvalue weighted by Crippen LogP contribution is -2.11. The summed E-state index contributed by atoms with van der Waals surface area (Å²) in [5.74, 6) is -0.796. The lowest BCUT2D eigenvalue weighted by molar-refractivity contribution is 0.0701. The van der Waals surface area contributed by atoms with Gasteiger partial charge in [0.15, 0.2) is 11.6 Å². The Morgan fingerprint density at radius 3 is 2.70 bits per heavy atom. The van der Waals surface area contributed by atoms with E-state index in [1.54, 1.807) is 13.0 Å². The molecule has 1 heterocycles. The van der Waals surface area contributed by atoms with Crippen LogP contribution in [0.2, 0.25) is 0 Å². The second kappa shape index (κ2) is 5.83. The van der Waals surface area contributed by atoms with Crippen molar-refractivity contribution in [3.8, 4) is 5.75 Å². The van der Waals surface area contributed by atoms with Gasteiger partial charge >= 0.3 is 5.97 Å². The van der Waals surface area contributed by atoms with E-state index in [2.05, 4.69) is 4.98 Å². The maximum atomic E-state index is 11.9. The van der Waals surface area contributed by atoms with Crippen LogP contribution in [-0.2, 0) is 0 Å². The molecule has 6 heteroatoms. The number of carbonyl (C=O) groups excluding carboxylic acids is 1. The van der Waals surface area contributed by atoms with E-state index in [4.69, 9.17) is 9.84 Å². The van der Waals surface area contributed by atoms with Crippen LogP contribution in [0.25, 0.3) is 0 Å². The average molecular weight is 291 g/mol. The topological polar surface area (TPSA) is 76.5 Å². The first-order chi connectivity index (χ1) is 9.47. The predicted molar refractivity (Wildman–Crippen MR) is 74.8 cm³/mol. The number of carboxylic acid groups (broad SMARTS) is 1. The minimum Gasteiger partial charge on any atom is -0.485 e. The van der Waals surface area contributed by atoms with Gasteiger partial charge in [-0.15, -0.1) is 11.3 Å². The van der Waals surface area contributed by atoms with Crippen molar-refractivity contribution in [1.29, 1.82) is 0 Å². The van der Waals surface area contributed by atoms with Gasteiger partial charge in [-0.2, -0.15) is 0 Å². The summed E-state index contributed by atoms with van der Waals surface area (Å²) in [6.45, 7) is 3.34. The molecule has 0 fully saturated rings. The van der Waals surface area contributed by atoms with Crippen molar-refractivity contribution in [3.63, 3.8) is 0 Å². The Morgan fingerprint density at radius 1 is 1.35 bits per heavy atom. The summed E-state index contributed by atoms with van der Waals surface area (Å²) in [4.78, 5) is 26.9. The number of hydrogen-bond donors (Lipinski definition) is 1. The molecule has 0 amide bonds. The van der Waals surface area contributed by atoms with Crippen molar-refractivity contribution in [3.05, 3.63) is 45.4 Å². The van der Waals surface area contributed by atoms with Crippen LogP contribution < -0.4 is 4.74 Å². The van der Waals surface area contributed by atoms with Crippen LogP contribution >= 0.6 is 11.3 Å². The number of hydrogen-bond acceptors (Lipinski definition) is 5. The third kappa shape index (κ3) is 3.21. The van der Waals surface area contributed by atoms with Crippen LogP contribution in [0, 0.1) is 13.8 Å². The fraction of sp³-hybridized carbons (Fsp3) is 0.214. The predicted octanol–water partition coefficient (Wildman–Crippen LogP) is 2.72. The number of thiazole rings is 1. The molecule has 5 nitrogen and oxygen atoms in total. The molecule has 0 spiro atoms. The highest BCUT2D eigenvalue weighted by Crippen LogP contribution is 2.19. The molecule has 1 aromatic carbocycles. The summed E-state index contributed by atoms with van der Waals surface area (Å²) in [5.41, 5.74) is 1.38. The molecule has 0 aliphatic rings. The molecule has 1 N–H and O–H groups in total. The van der Waals surface area contributed by atoms with Crippen LogP contribution in [0.1, 0.15) is 30.7 Å². The smallest absolute Gasteiger partial charge is 0.347 e. The Hall–Kier alpha value is -2.21. The molecule has 0 unspecified atom stereocenters. The maximum absolute atomic E-state index is 11.9. The first-order valence-corrected chi connectivity index (χ1v) is 6.72. The first-order valence-electron chi connectivity index (χ1n) is 5.91. The quantitative estimate of drug-likeness (QED) is 0.857. The van der Waals surface area contributed by atoms with Crippen molar-refractivity contribution >= 4 is 23.1 Å². The zero-order chi connectivity index (χ0) is 14.7. The van der Waals surface area contributed by atoms with Crippen LogP contribution in [0.4, 0.5) is 0 Å². The Balaban J connectivity index is 2.05. The highest BCUT2D eigenvalue weighted by atomic mass is 32.1. The van der Waals surface area contributed by atoms with E-state index in [-0.39, 0.29) is 22.3 Å². The molecule has 0 aliphatic carbocycles. The van der Waals surface area contributed by atoms with Crippen LogP contribution in [-0.4, -0.2) is 28.4 Å². The number of aromatic carboxylic acids is 1. The summed E-state index contributed by atoms with van der Waals surface area (Å²) in [7, 11) is 0. The number of benzene rings is 1. The molecular formula is C14H13NO4S. The lowest BCUT2D eigenvalue weighted by atomic mass is 10.2. The summed E-state index contributed by atoms with van der Waals surface area (Å²) >= 11 is 0.874. The van der Waals surface area contributed by atoms with E-state index >= 15 is 0 Å². The third-order valence-corrected chi connectivity index (χ3v) is 3.78. The van der Waals surface area contributed by atoms with Gasteiger partial charge in [0.05, 0.1) is 5.69 Å². The van der Waals surface area contributed by atoms with Gasteiger partial charge < -0.3 is 9.84 Å². The van der Waals surface area contributed by atoms with E-state index in [0.717, 1.165) is 16.9 Å². The Kier molecular flexibility index (Phi) is 4.14. The zero-order valence-corrected chi connectivity index (χ0v) is 11.9. The van der Waals surface area contributed by atoms with Gasteiger partial charge in [-0.3, -0.25) is 4.79 Å². The first kappa shape index (κ1) is 14.2. The lowest BCUT2D eigenvalue weighted by Gasteiger charge is -2.04. The molecule has 0 bridgehead atoms. The number of nitrogens with zero attached hydrogens (tertiary/aromatic N) is 1. The van der Waals surface area contributed by atoms with E-state index < -0.39 is 5.97 Å². The summed E-state index contributed by atoms with van der Waals surface area (Å²) in [6.07, 6.45) is 0. The third-order valence-electron chi connectivity index (χ3n) is 2.59. The minimum absolute atomic E-state index is 0.0869. The fourth-order valence-electron chi connectivity index (χ4n) is 1.63. The molecule has 1 aromatic heterocycles. The molecule has 0 saturated carbocycles. The van der Waals surface area contributed by atoms with E-state index in [1.165, 1.54) is 0 Å². The van der Waals surface area contributed by atoms with Crippen molar-refractivity contribution in [1.82, 2.24) is 4.98 Å². The van der Waals surface area contributed by atoms with Gasteiger partial charge in [0.25, 0.3) is 0 Å². The molecule has 20 heavy (non-hydrogen) atoms. The molecule has 0 atom stereocenters. The normalized spacial score (nSPS) is 10.3. The zero-order valence-electron chi connectivity index (χ0n) is 11.0. The van der Waals surface area contributed by atoms with Gasteiger partial charge in [0, 0.05) is 0 Å². The van der Waals surface area contributed by atoms with Crippen LogP contribution in [0.3, 0.4) is 0 Å². The summed E-state index contributed by atoms with van der Waals surface area (Å²) in [6, 6.07) is 7.35. The SMILES string of the molecule is Cc1cccc(OCC(=O)c2nc(C)c(C(=O)O)s2)c1. The van der Waals surface area contributed by atoms with Gasteiger partial charge in [-0.1, -0.05) is 12.1 Å². The number of ether oxygens (including phenoxy) is 1. The molecule has 2 aromatic rings. The minimum atomic E-state index is -1.07. The number of carboxylic acids is 1. The van der Waals surface area contributed by atoms with Crippen molar-refractivity contribution < 1.29 is 19.4 Å². The van der Waals surface area contributed by atoms with Crippen molar-refractivity contribution in [2.75, 3.05) is 6.61 Å². The second-order valence-electron chi connectivity index (χ2n) is 4.27. The number of aryl methyl sites for hydroxylation is 2. The standard InChI is InChI=1S/C14H13NO4S/c1-8-4-3-5-10(6-8)19-7-11(16)13-15-9(2)12(20-13)14(17)18/h3-6H,7H2,1-2H3,(H,17,18). The molecular weight excluding hydrogens is 278 g/mol. The number of carbonyl (C=O) groups is 2.